The van der Waals surface area contributed by atoms with Gasteiger partial charge in [-0.3, -0.25) is 9.59 Å². The number of benzene rings is 2. The van der Waals surface area contributed by atoms with Gasteiger partial charge in [0.25, 0.3) is 0 Å². The van der Waals surface area contributed by atoms with Crippen LogP contribution in [0, 0.1) is 0 Å². The third-order valence-electron chi connectivity index (χ3n) is 3.45. The number of rotatable bonds is 6. The number of nitrogens with zero attached hydrogens (tertiary/aromatic N) is 1. The molecular weight excluding hydrogens is 409 g/mol. The van der Waals surface area contributed by atoms with Crippen LogP contribution in [-0.2, 0) is 9.59 Å². The van der Waals surface area contributed by atoms with Crippen LogP contribution in [0.3, 0.4) is 0 Å². The summed E-state index contributed by atoms with van der Waals surface area (Å²) in [4.78, 5) is 23.8. The van der Waals surface area contributed by atoms with Gasteiger partial charge in [-0.1, -0.05) is 23.2 Å². The van der Waals surface area contributed by atoms with E-state index in [9.17, 15) is 9.59 Å². The Bertz CT molecular complexity index is 893. The summed E-state index contributed by atoms with van der Waals surface area (Å²) in [6.07, 6.45) is 1.33. The molecule has 0 aliphatic carbocycles. The molecule has 0 radical (unpaired) electrons. The number of hydrazone groups is 1. The van der Waals surface area contributed by atoms with Crippen molar-refractivity contribution in [1.82, 2.24) is 5.43 Å². The van der Waals surface area contributed by atoms with Gasteiger partial charge in [0.15, 0.2) is 11.5 Å². The van der Waals surface area contributed by atoms with E-state index in [-0.39, 0.29) is 5.02 Å². The molecule has 28 heavy (non-hydrogen) atoms. The number of amides is 2. The highest BCUT2D eigenvalue weighted by molar-refractivity contribution is 6.42. The highest BCUT2D eigenvalue weighted by Gasteiger charge is 2.14. The fourth-order valence-electron chi connectivity index (χ4n) is 2.15. The fourth-order valence-corrected chi connectivity index (χ4v) is 2.45. The van der Waals surface area contributed by atoms with Gasteiger partial charge in [-0.25, -0.2) is 5.43 Å². The number of nitrogens with one attached hydrogen (secondary N) is 2. The van der Waals surface area contributed by atoms with Crippen molar-refractivity contribution in [2.75, 3.05) is 26.6 Å². The van der Waals surface area contributed by atoms with Gasteiger partial charge < -0.3 is 19.5 Å². The van der Waals surface area contributed by atoms with Crippen molar-refractivity contribution < 1.29 is 23.8 Å². The molecule has 0 atom stereocenters. The van der Waals surface area contributed by atoms with Gasteiger partial charge in [-0.2, -0.15) is 5.10 Å². The number of halogens is 2. The van der Waals surface area contributed by atoms with Gasteiger partial charge in [-0.15, -0.1) is 0 Å². The van der Waals surface area contributed by atoms with E-state index in [1.165, 1.54) is 45.7 Å². The largest absolute Gasteiger partial charge is 0.493 e. The summed E-state index contributed by atoms with van der Waals surface area (Å²) in [6.45, 7) is 0. The molecule has 2 rings (SSSR count). The Kier molecular flexibility index (Phi) is 7.48. The van der Waals surface area contributed by atoms with E-state index in [2.05, 4.69) is 15.8 Å². The van der Waals surface area contributed by atoms with Crippen LogP contribution in [0.15, 0.2) is 35.4 Å². The molecule has 0 saturated heterocycles. The van der Waals surface area contributed by atoms with E-state index in [0.29, 0.717) is 33.5 Å². The number of hydrogen-bond donors (Lipinski definition) is 2. The molecule has 2 aromatic rings. The van der Waals surface area contributed by atoms with Crippen LogP contribution in [0.4, 0.5) is 5.69 Å². The van der Waals surface area contributed by atoms with Crippen molar-refractivity contribution in [2.45, 2.75) is 0 Å². The zero-order valence-corrected chi connectivity index (χ0v) is 16.7. The van der Waals surface area contributed by atoms with Gasteiger partial charge >= 0.3 is 11.8 Å². The minimum Gasteiger partial charge on any atom is -0.493 e. The molecule has 10 heteroatoms. The molecule has 148 valence electrons. The number of anilines is 1. The zero-order chi connectivity index (χ0) is 20.7. The number of carbonyl (C=O) groups is 2. The van der Waals surface area contributed by atoms with Crippen LogP contribution in [-0.4, -0.2) is 39.4 Å². The molecule has 0 spiro atoms. The Hall–Kier alpha value is -2.97. The van der Waals surface area contributed by atoms with Crippen LogP contribution in [0.2, 0.25) is 10.0 Å². The van der Waals surface area contributed by atoms with E-state index in [0.717, 1.165) is 0 Å². The lowest BCUT2D eigenvalue weighted by atomic mass is 10.2. The minimum atomic E-state index is -0.963. The number of carbonyl (C=O) groups excluding carboxylic acids is 2. The Balaban J connectivity index is 2.04. The first kappa shape index (κ1) is 21.3. The molecule has 2 aromatic carbocycles. The standard InChI is InChI=1S/C18H17Cl2N3O5/c1-26-14-6-10(7-15(27-2)16(14)28-3)9-21-23-18(25)17(24)22-11-4-5-12(19)13(20)8-11/h4-9H,1-3H3,(H,22,24)(H,23,25). The number of methoxy groups -OCH3 is 3. The molecule has 0 aromatic heterocycles. The van der Waals surface area contributed by atoms with Crippen molar-refractivity contribution in [3.05, 3.63) is 45.9 Å². The third-order valence-corrected chi connectivity index (χ3v) is 4.19. The van der Waals surface area contributed by atoms with Crippen LogP contribution in [0.25, 0.3) is 0 Å². The predicted octanol–water partition coefficient (Wildman–Crippen LogP) is 3.11. The number of ether oxygens (including phenoxy) is 3. The minimum absolute atomic E-state index is 0.250. The van der Waals surface area contributed by atoms with Gasteiger partial charge in [0.1, 0.15) is 0 Å². The lowest BCUT2D eigenvalue weighted by molar-refractivity contribution is -0.136. The lowest BCUT2D eigenvalue weighted by Crippen LogP contribution is -2.32. The Morgan fingerprint density at radius 1 is 0.929 bits per heavy atom. The lowest BCUT2D eigenvalue weighted by Gasteiger charge is -2.12. The second kappa shape index (κ2) is 9.82. The highest BCUT2D eigenvalue weighted by Crippen LogP contribution is 2.37. The van der Waals surface area contributed by atoms with Crippen LogP contribution >= 0.6 is 23.2 Å². The smallest absolute Gasteiger partial charge is 0.329 e. The quantitative estimate of drug-likeness (QED) is 0.420. The predicted molar refractivity (Wildman–Crippen MR) is 107 cm³/mol. The average molecular weight is 426 g/mol. The summed E-state index contributed by atoms with van der Waals surface area (Å²) in [6, 6.07) is 7.70. The van der Waals surface area contributed by atoms with Crippen LogP contribution in [0.5, 0.6) is 17.2 Å². The molecule has 0 fully saturated rings. The topological polar surface area (TPSA) is 98.2 Å². The molecule has 0 bridgehead atoms. The van der Waals surface area contributed by atoms with E-state index in [4.69, 9.17) is 37.4 Å². The van der Waals surface area contributed by atoms with Crippen molar-refractivity contribution in [3.63, 3.8) is 0 Å². The molecular formula is C18H17Cl2N3O5. The molecule has 2 amide bonds. The van der Waals surface area contributed by atoms with Crippen LogP contribution < -0.4 is 25.0 Å². The fraction of sp³-hybridized carbons (Fsp3) is 0.167. The normalized spacial score (nSPS) is 10.5. The molecule has 0 unspecified atom stereocenters. The molecule has 0 aliphatic heterocycles. The summed E-state index contributed by atoms with van der Waals surface area (Å²) < 4.78 is 15.7. The summed E-state index contributed by atoms with van der Waals surface area (Å²) in [5.74, 6) is -0.610. The summed E-state index contributed by atoms with van der Waals surface area (Å²) in [5.41, 5.74) is 3.00. The van der Waals surface area contributed by atoms with Crippen molar-refractivity contribution >= 4 is 46.9 Å². The average Bonchev–Trinajstić information content (AvgIpc) is 2.69. The SMILES string of the molecule is COc1cc(C=NNC(=O)C(=O)Nc2ccc(Cl)c(Cl)c2)cc(OC)c1OC. The molecule has 0 saturated carbocycles. The maximum Gasteiger partial charge on any atom is 0.329 e. The Labute approximate surface area is 171 Å². The van der Waals surface area contributed by atoms with Crippen molar-refractivity contribution in [2.24, 2.45) is 5.10 Å². The second-order valence-electron chi connectivity index (χ2n) is 5.24. The van der Waals surface area contributed by atoms with E-state index in [1.807, 2.05) is 0 Å². The summed E-state index contributed by atoms with van der Waals surface area (Å²) >= 11 is 11.7. The van der Waals surface area contributed by atoms with E-state index >= 15 is 0 Å². The molecule has 8 nitrogen and oxygen atoms in total. The zero-order valence-electron chi connectivity index (χ0n) is 15.2. The maximum absolute atomic E-state index is 11.9. The van der Waals surface area contributed by atoms with Gasteiger partial charge in [-0.05, 0) is 30.3 Å². The van der Waals surface area contributed by atoms with Crippen molar-refractivity contribution in [3.8, 4) is 17.2 Å². The second-order valence-corrected chi connectivity index (χ2v) is 6.06. The van der Waals surface area contributed by atoms with Crippen LogP contribution in [0.1, 0.15) is 5.56 Å². The Morgan fingerprint density at radius 3 is 2.11 bits per heavy atom. The first-order valence-electron chi connectivity index (χ1n) is 7.79. The van der Waals surface area contributed by atoms with Crippen molar-refractivity contribution in [1.29, 1.82) is 0 Å². The summed E-state index contributed by atoms with van der Waals surface area (Å²) in [7, 11) is 4.45. The highest BCUT2D eigenvalue weighted by atomic mass is 35.5. The first-order valence-corrected chi connectivity index (χ1v) is 8.54. The molecule has 0 heterocycles. The maximum atomic E-state index is 11.9. The third kappa shape index (κ3) is 5.28. The molecule has 0 aliphatic rings. The first-order chi connectivity index (χ1) is 13.4. The van der Waals surface area contributed by atoms with E-state index in [1.54, 1.807) is 12.1 Å². The summed E-state index contributed by atoms with van der Waals surface area (Å²) in [5, 5.41) is 6.73. The van der Waals surface area contributed by atoms with E-state index < -0.39 is 11.8 Å². The van der Waals surface area contributed by atoms with Gasteiger partial charge in [0.05, 0.1) is 37.6 Å². The van der Waals surface area contributed by atoms with Gasteiger partial charge in [0, 0.05) is 11.3 Å². The monoisotopic (exact) mass is 425 g/mol. The number of hydrogen-bond acceptors (Lipinski definition) is 6. The Morgan fingerprint density at radius 2 is 1.57 bits per heavy atom. The van der Waals surface area contributed by atoms with Gasteiger partial charge in [0.2, 0.25) is 5.75 Å². The molecule has 2 N–H and O–H groups in total.